The number of aliphatic hydroxyl groups excluding tert-OH is 1. The van der Waals surface area contributed by atoms with Crippen LogP contribution in [0, 0.1) is 0 Å². The molecule has 0 amide bonds. The SMILES string of the molecule is CC1CCC(CNc2ccccc2C(C)O)O1. The standard InChI is InChI=1S/C14H21NO2/c1-10-7-8-12(17-10)9-15-14-6-4-3-5-13(14)11(2)16/h3-6,10-12,15-16H,7-9H2,1-2H3. The quantitative estimate of drug-likeness (QED) is 0.843. The summed E-state index contributed by atoms with van der Waals surface area (Å²) in [5, 5.41) is 13.0. The molecule has 3 atom stereocenters. The van der Waals surface area contributed by atoms with Crippen molar-refractivity contribution >= 4 is 5.69 Å². The maximum Gasteiger partial charge on any atom is 0.0781 e. The van der Waals surface area contributed by atoms with Gasteiger partial charge in [-0.3, -0.25) is 0 Å². The fourth-order valence-electron chi connectivity index (χ4n) is 2.28. The van der Waals surface area contributed by atoms with Crippen molar-refractivity contribution in [2.75, 3.05) is 11.9 Å². The third-order valence-corrected chi connectivity index (χ3v) is 3.25. The Hall–Kier alpha value is -1.06. The van der Waals surface area contributed by atoms with E-state index < -0.39 is 6.10 Å². The molecular weight excluding hydrogens is 214 g/mol. The fraction of sp³-hybridized carbons (Fsp3) is 0.571. The molecule has 1 aliphatic rings. The monoisotopic (exact) mass is 235 g/mol. The van der Waals surface area contributed by atoms with Gasteiger partial charge in [-0.25, -0.2) is 0 Å². The van der Waals surface area contributed by atoms with Gasteiger partial charge in [0.05, 0.1) is 18.3 Å². The van der Waals surface area contributed by atoms with Gasteiger partial charge >= 0.3 is 0 Å². The van der Waals surface area contributed by atoms with Crippen molar-refractivity contribution in [3.05, 3.63) is 29.8 Å². The maximum atomic E-state index is 9.67. The highest BCUT2D eigenvalue weighted by Crippen LogP contribution is 2.24. The molecule has 3 heteroatoms. The minimum atomic E-state index is -0.442. The second kappa shape index (κ2) is 5.52. The Labute approximate surface area is 103 Å². The average Bonchev–Trinajstić information content (AvgIpc) is 2.73. The van der Waals surface area contributed by atoms with Crippen LogP contribution in [0.4, 0.5) is 5.69 Å². The minimum Gasteiger partial charge on any atom is -0.389 e. The van der Waals surface area contributed by atoms with E-state index in [-0.39, 0.29) is 0 Å². The van der Waals surface area contributed by atoms with Crippen molar-refractivity contribution in [3.63, 3.8) is 0 Å². The Morgan fingerprint density at radius 1 is 1.41 bits per heavy atom. The Morgan fingerprint density at radius 2 is 2.18 bits per heavy atom. The van der Waals surface area contributed by atoms with E-state index in [9.17, 15) is 5.11 Å². The van der Waals surface area contributed by atoms with Crippen molar-refractivity contribution < 1.29 is 9.84 Å². The zero-order chi connectivity index (χ0) is 12.3. The van der Waals surface area contributed by atoms with E-state index in [2.05, 4.69) is 12.2 Å². The molecule has 0 aromatic heterocycles. The van der Waals surface area contributed by atoms with Crippen LogP contribution in [0.25, 0.3) is 0 Å². The second-order valence-electron chi connectivity index (χ2n) is 4.79. The number of para-hydroxylation sites is 1. The molecule has 0 radical (unpaired) electrons. The Morgan fingerprint density at radius 3 is 2.82 bits per heavy atom. The van der Waals surface area contributed by atoms with Gasteiger partial charge in [0.15, 0.2) is 0 Å². The molecule has 1 aliphatic heterocycles. The first kappa shape index (κ1) is 12.4. The molecule has 2 N–H and O–H groups in total. The minimum absolute atomic E-state index is 0.298. The van der Waals surface area contributed by atoms with Gasteiger partial charge in [-0.15, -0.1) is 0 Å². The molecule has 3 nitrogen and oxygen atoms in total. The summed E-state index contributed by atoms with van der Waals surface area (Å²) in [5.74, 6) is 0. The molecule has 94 valence electrons. The predicted octanol–water partition coefficient (Wildman–Crippen LogP) is 2.72. The van der Waals surface area contributed by atoms with Crippen LogP contribution >= 0.6 is 0 Å². The van der Waals surface area contributed by atoms with Gasteiger partial charge in [0, 0.05) is 17.8 Å². The van der Waals surface area contributed by atoms with Crippen LogP contribution in [0.3, 0.4) is 0 Å². The highest BCUT2D eigenvalue weighted by Gasteiger charge is 2.21. The lowest BCUT2D eigenvalue weighted by Gasteiger charge is -2.17. The number of ether oxygens (including phenoxy) is 1. The molecule has 3 unspecified atom stereocenters. The molecule has 0 saturated carbocycles. The average molecular weight is 235 g/mol. The third kappa shape index (κ3) is 3.20. The van der Waals surface area contributed by atoms with E-state index in [4.69, 9.17) is 4.74 Å². The molecule has 1 aromatic rings. The first-order chi connectivity index (χ1) is 8.16. The molecule has 1 aromatic carbocycles. The lowest BCUT2D eigenvalue weighted by Crippen LogP contribution is -2.20. The van der Waals surface area contributed by atoms with Crippen molar-refractivity contribution in [2.45, 2.75) is 45.0 Å². The van der Waals surface area contributed by atoms with Gasteiger partial charge in [-0.05, 0) is 32.8 Å². The topological polar surface area (TPSA) is 41.5 Å². The third-order valence-electron chi connectivity index (χ3n) is 3.25. The summed E-state index contributed by atoms with van der Waals surface area (Å²) in [6.45, 7) is 4.71. The number of rotatable bonds is 4. The first-order valence-corrected chi connectivity index (χ1v) is 6.33. The largest absolute Gasteiger partial charge is 0.389 e. The van der Waals surface area contributed by atoms with Gasteiger partial charge in [-0.1, -0.05) is 18.2 Å². The molecule has 1 saturated heterocycles. The summed E-state index contributed by atoms with van der Waals surface area (Å²) in [5.41, 5.74) is 1.95. The fourth-order valence-corrected chi connectivity index (χ4v) is 2.28. The summed E-state index contributed by atoms with van der Waals surface area (Å²) in [7, 11) is 0. The molecule has 1 fully saturated rings. The van der Waals surface area contributed by atoms with Crippen molar-refractivity contribution in [1.82, 2.24) is 0 Å². The highest BCUT2D eigenvalue weighted by atomic mass is 16.5. The molecule has 17 heavy (non-hydrogen) atoms. The van der Waals surface area contributed by atoms with Crippen LogP contribution < -0.4 is 5.32 Å². The Bertz CT molecular complexity index is 365. The van der Waals surface area contributed by atoms with Crippen molar-refractivity contribution in [3.8, 4) is 0 Å². The molecule has 0 bridgehead atoms. The van der Waals surface area contributed by atoms with Gasteiger partial charge < -0.3 is 15.2 Å². The van der Waals surface area contributed by atoms with E-state index in [1.54, 1.807) is 6.92 Å². The number of aliphatic hydroxyl groups is 1. The van der Waals surface area contributed by atoms with Crippen LogP contribution in [-0.2, 0) is 4.74 Å². The van der Waals surface area contributed by atoms with Gasteiger partial charge in [-0.2, -0.15) is 0 Å². The van der Waals surface area contributed by atoms with Crippen molar-refractivity contribution in [2.24, 2.45) is 0 Å². The van der Waals surface area contributed by atoms with E-state index in [0.29, 0.717) is 12.2 Å². The van der Waals surface area contributed by atoms with E-state index in [0.717, 1.165) is 30.6 Å². The lowest BCUT2D eigenvalue weighted by molar-refractivity contribution is 0.0636. The Balaban J connectivity index is 1.94. The van der Waals surface area contributed by atoms with Crippen LogP contribution in [0.15, 0.2) is 24.3 Å². The zero-order valence-corrected chi connectivity index (χ0v) is 10.5. The molecule has 0 spiro atoms. The summed E-state index contributed by atoms with van der Waals surface area (Å²) in [6.07, 6.45) is 2.50. The predicted molar refractivity (Wildman–Crippen MR) is 69.1 cm³/mol. The van der Waals surface area contributed by atoms with Crippen LogP contribution in [-0.4, -0.2) is 23.9 Å². The highest BCUT2D eigenvalue weighted by molar-refractivity contribution is 5.52. The summed E-state index contributed by atoms with van der Waals surface area (Å²) in [4.78, 5) is 0. The summed E-state index contributed by atoms with van der Waals surface area (Å²) >= 11 is 0. The second-order valence-corrected chi connectivity index (χ2v) is 4.79. The van der Waals surface area contributed by atoms with Gasteiger partial charge in [0.25, 0.3) is 0 Å². The Kier molecular flexibility index (Phi) is 4.02. The zero-order valence-electron chi connectivity index (χ0n) is 10.5. The van der Waals surface area contributed by atoms with Gasteiger partial charge in [0.1, 0.15) is 0 Å². The van der Waals surface area contributed by atoms with Crippen LogP contribution in [0.2, 0.25) is 0 Å². The van der Waals surface area contributed by atoms with E-state index in [1.807, 2.05) is 24.3 Å². The van der Waals surface area contributed by atoms with Crippen LogP contribution in [0.5, 0.6) is 0 Å². The lowest BCUT2D eigenvalue weighted by atomic mass is 10.1. The molecule has 0 aliphatic carbocycles. The maximum absolute atomic E-state index is 9.67. The summed E-state index contributed by atoms with van der Waals surface area (Å²) in [6, 6.07) is 7.87. The number of benzene rings is 1. The van der Waals surface area contributed by atoms with Crippen LogP contribution in [0.1, 0.15) is 38.4 Å². The van der Waals surface area contributed by atoms with Crippen molar-refractivity contribution in [1.29, 1.82) is 0 Å². The smallest absolute Gasteiger partial charge is 0.0781 e. The van der Waals surface area contributed by atoms with E-state index in [1.165, 1.54) is 0 Å². The first-order valence-electron chi connectivity index (χ1n) is 6.33. The normalized spacial score (nSPS) is 25.8. The molecular formula is C14H21NO2. The number of anilines is 1. The molecule has 1 heterocycles. The number of hydrogen-bond acceptors (Lipinski definition) is 3. The number of hydrogen-bond donors (Lipinski definition) is 2. The van der Waals surface area contributed by atoms with E-state index >= 15 is 0 Å². The number of nitrogens with one attached hydrogen (secondary N) is 1. The van der Waals surface area contributed by atoms with Gasteiger partial charge in [0.2, 0.25) is 0 Å². The molecule has 2 rings (SSSR count). The summed E-state index contributed by atoms with van der Waals surface area (Å²) < 4.78 is 5.76.